The molecule has 0 saturated carbocycles. The summed E-state index contributed by atoms with van der Waals surface area (Å²) in [4.78, 5) is 12.2. The lowest BCUT2D eigenvalue weighted by Gasteiger charge is -2.00. The van der Waals surface area contributed by atoms with E-state index in [0.717, 1.165) is 11.4 Å². The van der Waals surface area contributed by atoms with Crippen LogP contribution >= 0.6 is 0 Å². The Morgan fingerprint density at radius 3 is 2.47 bits per heavy atom. The van der Waals surface area contributed by atoms with Gasteiger partial charge < -0.3 is 0 Å². The Labute approximate surface area is 86.2 Å². The molecule has 0 aliphatic rings. The number of aromatic nitrogens is 5. The Hall–Kier alpha value is -2.29. The van der Waals surface area contributed by atoms with E-state index in [2.05, 4.69) is 20.1 Å². The van der Waals surface area contributed by atoms with Crippen molar-refractivity contribution in [1.82, 2.24) is 24.7 Å². The van der Waals surface area contributed by atoms with Gasteiger partial charge in [0.2, 0.25) is 0 Å². The van der Waals surface area contributed by atoms with Crippen molar-refractivity contribution in [3.8, 4) is 12.0 Å². The van der Waals surface area contributed by atoms with Crippen molar-refractivity contribution in [3.05, 3.63) is 29.6 Å². The predicted octanol–water partition coefficient (Wildman–Crippen LogP) is 0.546. The van der Waals surface area contributed by atoms with Gasteiger partial charge in [0.1, 0.15) is 12.4 Å². The van der Waals surface area contributed by atoms with E-state index in [-0.39, 0.29) is 5.82 Å². The van der Waals surface area contributed by atoms with E-state index in [0.29, 0.717) is 5.95 Å². The van der Waals surface area contributed by atoms with Crippen LogP contribution in [0.5, 0.6) is 0 Å². The molecule has 74 valence electrons. The minimum absolute atomic E-state index is 0.109. The zero-order valence-corrected chi connectivity index (χ0v) is 8.34. The van der Waals surface area contributed by atoms with Crippen LogP contribution in [0, 0.1) is 25.2 Å². The van der Waals surface area contributed by atoms with Crippen molar-refractivity contribution in [2.45, 2.75) is 13.8 Å². The lowest BCUT2D eigenvalue weighted by Crippen LogP contribution is -2.04. The van der Waals surface area contributed by atoms with E-state index in [1.807, 2.05) is 26.0 Å². The van der Waals surface area contributed by atoms with E-state index < -0.39 is 0 Å². The normalized spacial score (nSPS) is 9.93. The lowest BCUT2D eigenvalue weighted by molar-refractivity contribution is 0.789. The molecule has 0 radical (unpaired) electrons. The van der Waals surface area contributed by atoms with Gasteiger partial charge in [0.15, 0.2) is 0 Å². The maximum Gasteiger partial charge on any atom is 0.252 e. The Morgan fingerprint density at radius 1 is 1.27 bits per heavy atom. The third kappa shape index (κ3) is 1.81. The first-order valence-corrected chi connectivity index (χ1v) is 4.33. The van der Waals surface area contributed by atoms with E-state index in [9.17, 15) is 0 Å². The van der Waals surface area contributed by atoms with E-state index >= 15 is 0 Å². The fraction of sp³-hybridized carbons (Fsp3) is 0.222. The van der Waals surface area contributed by atoms with Crippen LogP contribution in [-0.2, 0) is 0 Å². The molecule has 2 heterocycles. The largest absolute Gasteiger partial charge is 0.252 e. The zero-order chi connectivity index (χ0) is 10.8. The molecule has 0 unspecified atom stereocenters. The molecule has 0 aliphatic carbocycles. The lowest BCUT2D eigenvalue weighted by atomic mass is 10.4. The van der Waals surface area contributed by atoms with Crippen LogP contribution in [0.25, 0.3) is 5.95 Å². The van der Waals surface area contributed by atoms with Crippen LogP contribution in [0.1, 0.15) is 17.2 Å². The highest BCUT2D eigenvalue weighted by molar-refractivity contribution is 5.18. The molecule has 0 spiro atoms. The van der Waals surface area contributed by atoms with E-state index in [1.165, 1.54) is 11.0 Å². The molecule has 0 aromatic carbocycles. The maximum absolute atomic E-state index is 8.58. The molecule has 2 aromatic rings. The molecule has 0 fully saturated rings. The Balaban J connectivity index is 2.50. The first-order valence-electron chi connectivity index (χ1n) is 4.33. The van der Waals surface area contributed by atoms with Gasteiger partial charge in [0.25, 0.3) is 11.8 Å². The summed E-state index contributed by atoms with van der Waals surface area (Å²) in [5.41, 5.74) is 1.71. The van der Waals surface area contributed by atoms with Gasteiger partial charge in [-0.15, -0.1) is 5.10 Å². The molecular formula is C9H8N6. The van der Waals surface area contributed by atoms with Gasteiger partial charge in [-0.1, -0.05) is 0 Å². The van der Waals surface area contributed by atoms with Crippen LogP contribution in [0.2, 0.25) is 0 Å². The average Bonchev–Trinajstić information content (AvgIpc) is 2.64. The molecule has 6 heteroatoms. The molecule has 2 rings (SSSR count). The van der Waals surface area contributed by atoms with Crippen molar-refractivity contribution in [3.63, 3.8) is 0 Å². The molecule has 15 heavy (non-hydrogen) atoms. The highest BCUT2D eigenvalue weighted by atomic mass is 15.4. The highest BCUT2D eigenvalue weighted by Gasteiger charge is 2.05. The molecule has 0 atom stereocenters. The summed E-state index contributed by atoms with van der Waals surface area (Å²) >= 11 is 0. The SMILES string of the molecule is Cc1cc(C)nc(-n2cnc(C#N)n2)n1. The Morgan fingerprint density at radius 2 is 1.93 bits per heavy atom. The van der Waals surface area contributed by atoms with Gasteiger partial charge in [0.05, 0.1) is 0 Å². The third-order valence-electron chi connectivity index (χ3n) is 1.77. The second kappa shape index (κ2) is 3.46. The summed E-state index contributed by atoms with van der Waals surface area (Å²) in [5, 5.41) is 12.5. The topological polar surface area (TPSA) is 80.3 Å². The number of hydrogen-bond acceptors (Lipinski definition) is 5. The monoisotopic (exact) mass is 200 g/mol. The van der Waals surface area contributed by atoms with Crippen LogP contribution in [0.15, 0.2) is 12.4 Å². The van der Waals surface area contributed by atoms with E-state index in [1.54, 1.807) is 0 Å². The molecule has 0 aliphatic heterocycles. The molecule has 0 saturated heterocycles. The van der Waals surface area contributed by atoms with Gasteiger partial charge in [0, 0.05) is 11.4 Å². The minimum atomic E-state index is 0.109. The third-order valence-corrected chi connectivity index (χ3v) is 1.77. The standard InChI is InChI=1S/C9H8N6/c1-6-3-7(2)13-9(12-6)15-5-11-8(4-10)14-15/h3,5H,1-2H3. The highest BCUT2D eigenvalue weighted by Crippen LogP contribution is 2.03. The molecule has 0 N–H and O–H groups in total. The van der Waals surface area contributed by atoms with Crippen LogP contribution < -0.4 is 0 Å². The fourth-order valence-electron chi connectivity index (χ4n) is 1.22. The molecule has 2 aromatic heterocycles. The number of hydrogen-bond donors (Lipinski definition) is 0. The van der Waals surface area contributed by atoms with Crippen molar-refractivity contribution in [2.24, 2.45) is 0 Å². The zero-order valence-electron chi connectivity index (χ0n) is 8.34. The number of nitrogens with zero attached hydrogens (tertiary/aromatic N) is 6. The average molecular weight is 200 g/mol. The fourth-order valence-corrected chi connectivity index (χ4v) is 1.22. The number of aryl methyl sites for hydroxylation is 2. The molecular weight excluding hydrogens is 192 g/mol. The number of rotatable bonds is 1. The second-order valence-electron chi connectivity index (χ2n) is 3.08. The summed E-state index contributed by atoms with van der Waals surface area (Å²) in [7, 11) is 0. The Kier molecular flexibility index (Phi) is 2.14. The molecule has 0 amide bonds. The number of nitriles is 1. The Bertz CT molecular complexity index is 516. The van der Waals surface area contributed by atoms with Crippen LogP contribution in [0.4, 0.5) is 0 Å². The van der Waals surface area contributed by atoms with Gasteiger partial charge >= 0.3 is 0 Å². The summed E-state index contributed by atoms with van der Waals surface area (Å²) in [6.45, 7) is 3.75. The quantitative estimate of drug-likeness (QED) is 0.671. The van der Waals surface area contributed by atoms with Gasteiger partial charge in [-0.25, -0.2) is 15.0 Å². The predicted molar refractivity (Wildman–Crippen MR) is 51.1 cm³/mol. The van der Waals surface area contributed by atoms with Crippen LogP contribution in [-0.4, -0.2) is 24.7 Å². The first kappa shape index (κ1) is 9.27. The summed E-state index contributed by atoms with van der Waals surface area (Å²) < 4.78 is 1.39. The van der Waals surface area contributed by atoms with Gasteiger partial charge in [-0.3, -0.25) is 0 Å². The van der Waals surface area contributed by atoms with Crippen LogP contribution in [0.3, 0.4) is 0 Å². The maximum atomic E-state index is 8.58. The van der Waals surface area contributed by atoms with Crippen molar-refractivity contribution in [2.75, 3.05) is 0 Å². The van der Waals surface area contributed by atoms with Crippen molar-refractivity contribution in [1.29, 1.82) is 5.26 Å². The first-order chi connectivity index (χ1) is 7.19. The van der Waals surface area contributed by atoms with E-state index in [4.69, 9.17) is 5.26 Å². The summed E-state index contributed by atoms with van der Waals surface area (Å²) in [5.74, 6) is 0.541. The molecule has 0 bridgehead atoms. The molecule has 6 nitrogen and oxygen atoms in total. The van der Waals surface area contributed by atoms with Crippen molar-refractivity contribution >= 4 is 0 Å². The summed E-state index contributed by atoms with van der Waals surface area (Å²) in [6.07, 6.45) is 1.42. The van der Waals surface area contributed by atoms with Gasteiger partial charge in [-0.2, -0.15) is 9.94 Å². The second-order valence-corrected chi connectivity index (χ2v) is 3.08. The minimum Gasteiger partial charge on any atom is -0.216 e. The summed E-state index contributed by atoms with van der Waals surface area (Å²) in [6, 6.07) is 3.71. The van der Waals surface area contributed by atoms with Crippen molar-refractivity contribution < 1.29 is 0 Å². The smallest absolute Gasteiger partial charge is 0.216 e. The van der Waals surface area contributed by atoms with Gasteiger partial charge in [-0.05, 0) is 19.9 Å².